The number of hydrogen-bond donors (Lipinski definition) is 2. The van der Waals surface area contributed by atoms with E-state index >= 15 is 0 Å². The molecule has 0 unspecified atom stereocenters. The Labute approximate surface area is 81.0 Å². The van der Waals surface area contributed by atoms with E-state index in [9.17, 15) is 19.4 Å². The summed E-state index contributed by atoms with van der Waals surface area (Å²) in [6.07, 6.45) is -1.03. The highest BCUT2D eigenvalue weighted by Crippen LogP contribution is 2.26. The minimum absolute atomic E-state index is 0.0986. The average Bonchev–Trinajstić information content (AvgIpc) is 2.20. The highest BCUT2D eigenvalue weighted by atomic mass is 19.1. The van der Waals surface area contributed by atoms with Crippen LogP contribution in [0.3, 0.4) is 0 Å². The number of carbonyl (C=O) groups excluding carboxylic acids is 1. The molecule has 0 saturated carbocycles. The second-order valence-electron chi connectivity index (χ2n) is 3.28. The third-order valence-electron chi connectivity index (χ3n) is 2.33. The third-order valence-corrected chi connectivity index (χ3v) is 2.33. The van der Waals surface area contributed by atoms with Crippen molar-refractivity contribution < 1.29 is 24.1 Å². The summed E-state index contributed by atoms with van der Waals surface area (Å²) in [5.74, 6) is -1.32. The van der Waals surface area contributed by atoms with Crippen LogP contribution in [0.25, 0.3) is 0 Å². The lowest BCUT2D eigenvalue weighted by Crippen LogP contribution is -2.38. The number of hydrogen-bond acceptors (Lipinski definition) is 4. The molecule has 14 heavy (non-hydrogen) atoms. The van der Waals surface area contributed by atoms with E-state index in [2.05, 4.69) is 4.74 Å². The Bertz CT molecular complexity index is 251. The first-order valence-corrected chi connectivity index (χ1v) is 4.31. The zero-order chi connectivity index (χ0) is 10.7. The van der Waals surface area contributed by atoms with Crippen molar-refractivity contribution in [2.24, 2.45) is 5.92 Å². The van der Waals surface area contributed by atoms with Crippen LogP contribution in [0, 0.1) is 5.92 Å². The molecule has 0 radical (unpaired) electrons. The van der Waals surface area contributed by atoms with Crippen molar-refractivity contribution >= 4 is 5.97 Å². The van der Waals surface area contributed by atoms with Crippen molar-refractivity contribution in [1.29, 1.82) is 0 Å². The van der Waals surface area contributed by atoms with Gasteiger partial charge in [-0.2, -0.15) is 0 Å². The summed E-state index contributed by atoms with van der Waals surface area (Å²) < 4.78 is 16.8. The molecule has 0 spiro atoms. The third kappa shape index (κ3) is 2.10. The van der Waals surface area contributed by atoms with Crippen LogP contribution in [0.5, 0.6) is 0 Å². The van der Waals surface area contributed by atoms with E-state index in [1.807, 2.05) is 0 Å². The molecule has 2 N–H and O–H groups in total. The Balaban J connectivity index is 2.80. The van der Waals surface area contributed by atoms with E-state index in [0.29, 0.717) is 0 Å². The molecule has 0 aromatic heterocycles. The molecule has 0 fully saturated rings. The maximum atomic E-state index is 12.4. The smallest absolute Gasteiger partial charge is 0.333 e. The van der Waals surface area contributed by atoms with Crippen molar-refractivity contribution in [3.63, 3.8) is 0 Å². The monoisotopic (exact) mass is 204 g/mol. The van der Waals surface area contributed by atoms with Crippen LogP contribution in [-0.2, 0) is 9.53 Å². The van der Waals surface area contributed by atoms with E-state index in [0.717, 1.165) is 0 Å². The number of rotatable bonds is 2. The lowest BCUT2D eigenvalue weighted by Gasteiger charge is -2.28. The van der Waals surface area contributed by atoms with Gasteiger partial charge < -0.3 is 14.9 Å². The Hall–Kier alpha value is -0.940. The van der Waals surface area contributed by atoms with Crippen molar-refractivity contribution in [2.75, 3.05) is 13.8 Å². The van der Waals surface area contributed by atoms with Gasteiger partial charge in [-0.25, -0.2) is 4.79 Å². The van der Waals surface area contributed by atoms with Gasteiger partial charge in [0.1, 0.15) is 0 Å². The molecule has 80 valence electrons. The minimum atomic E-state index is -1.20. The van der Waals surface area contributed by atoms with Gasteiger partial charge in [-0.1, -0.05) is 0 Å². The number of ether oxygens (including phenoxy) is 1. The topological polar surface area (TPSA) is 66.8 Å². The molecule has 0 amide bonds. The van der Waals surface area contributed by atoms with E-state index in [4.69, 9.17) is 0 Å². The van der Waals surface area contributed by atoms with Gasteiger partial charge in [-0.3, -0.25) is 4.39 Å². The van der Waals surface area contributed by atoms with Gasteiger partial charge in [0, 0.05) is 11.5 Å². The van der Waals surface area contributed by atoms with Crippen molar-refractivity contribution in [3.05, 3.63) is 11.6 Å². The lowest BCUT2D eigenvalue weighted by molar-refractivity contribution is -0.137. The number of halogens is 1. The molecule has 0 saturated heterocycles. The number of esters is 1. The van der Waals surface area contributed by atoms with Gasteiger partial charge in [0.05, 0.1) is 26.0 Å². The molecule has 0 aromatic rings. The van der Waals surface area contributed by atoms with Gasteiger partial charge in [-0.05, 0) is 12.5 Å². The molecule has 0 aromatic carbocycles. The second-order valence-corrected chi connectivity index (χ2v) is 3.28. The predicted molar refractivity (Wildman–Crippen MR) is 46.2 cm³/mol. The summed E-state index contributed by atoms with van der Waals surface area (Å²) in [5, 5.41) is 18.6. The van der Waals surface area contributed by atoms with Crippen LogP contribution in [0.4, 0.5) is 4.39 Å². The van der Waals surface area contributed by atoms with Crippen LogP contribution in [0.2, 0.25) is 0 Å². The van der Waals surface area contributed by atoms with Crippen molar-refractivity contribution in [3.8, 4) is 0 Å². The largest absolute Gasteiger partial charge is 0.466 e. The number of methoxy groups -OCH3 is 1. The van der Waals surface area contributed by atoms with E-state index < -0.39 is 30.8 Å². The first-order valence-electron chi connectivity index (χ1n) is 4.31. The van der Waals surface area contributed by atoms with Crippen molar-refractivity contribution in [1.82, 2.24) is 0 Å². The summed E-state index contributed by atoms with van der Waals surface area (Å²) in [5.41, 5.74) is 0.216. The second kappa shape index (κ2) is 4.52. The molecule has 1 rings (SSSR count). The van der Waals surface area contributed by atoms with E-state index in [-0.39, 0.29) is 12.0 Å². The van der Waals surface area contributed by atoms with Gasteiger partial charge in [0.2, 0.25) is 0 Å². The van der Waals surface area contributed by atoms with Gasteiger partial charge in [0.25, 0.3) is 0 Å². The van der Waals surface area contributed by atoms with E-state index in [1.165, 1.54) is 13.2 Å². The van der Waals surface area contributed by atoms with Crippen LogP contribution in [-0.4, -0.2) is 42.2 Å². The first-order chi connectivity index (χ1) is 6.60. The predicted octanol–water partition coefficient (Wildman–Crippen LogP) is -0.203. The zero-order valence-electron chi connectivity index (χ0n) is 7.81. The fourth-order valence-electron chi connectivity index (χ4n) is 1.48. The maximum absolute atomic E-state index is 12.4. The minimum Gasteiger partial charge on any atom is -0.466 e. The number of carbonyl (C=O) groups is 1. The molecule has 3 atom stereocenters. The quantitative estimate of drug-likeness (QED) is 0.611. The van der Waals surface area contributed by atoms with Gasteiger partial charge in [-0.15, -0.1) is 0 Å². The lowest BCUT2D eigenvalue weighted by atomic mass is 9.85. The molecular weight excluding hydrogens is 191 g/mol. The van der Waals surface area contributed by atoms with Gasteiger partial charge in [0.15, 0.2) is 0 Å². The van der Waals surface area contributed by atoms with Crippen LogP contribution < -0.4 is 0 Å². The Morgan fingerprint density at radius 1 is 1.71 bits per heavy atom. The molecule has 0 bridgehead atoms. The fourth-order valence-corrected chi connectivity index (χ4v) is 1.48. The zero-order valence-corrected chi connectivity index (χ0v) is 7.81. The molecule has 1 aliphatic rings. The number of alkyl halides is 1. The highest BCUT2D eigenvalue weighted by molar-refractivity contribution is 5.88. The molecule has 0 heterocycles. The average molecular weight is 204 g/mol. The van der Waals surface area contributed by atoms with Crippen LogP contribution in [0.15, 0.2) is 11.6 Å². The summed E-state index contributed by atoms with van der Waals surface area (Å²) in [7, 11) is 1.21. The van der Waals surface area contributed by atoms with Crippen LogP contribution >= 0.6 is 0 Å². The molecule has 1 aliphatic carbocycles. The fraction of sp³-hybridized carbons (Fsp3) is 0.667. The van der Waals surface area contributed by atoms with Crippen molar-refractivity contribution in [2.45, 2.75) is 18.6 Å². The van der Waals surface area contributed by atoms with E-state index in [1.54, 1.807) is 0 Å². The summed E-state index contributed by atoms with van der Waals surface area (Å²) in [4.78, 5) is 11.1. The summed E-state index contributed by atoms with van der Waals surface area (Å²) in [6.45, 7) is -0.771. The summed E-state index contributed by atoms with van der Waals surface area (Å²) >= 11 is 0. The Morgan fingerprint density at radius 2 is 2.36 bits per heavy atom. The number of aliphatic hydroxyl groups excluding tert-OH is 2. The Morgan fingerprint density at radius 3 is 2.86 bits per heavy atom. The summed E-state index contributed by atoms with van der Waals surface area (Å²) in [6, 6.07) is 0. The molecule has 0 aliphatic heterocycles. The highest BCUT2D eigenvalue weighted by Gasteiger charge is 2.33. The maximum Gasteiger partial charge on any atom is 0.333 e. The first kappa shape index (κ1) is 11.1. The SMILES string of the molecule is COC(=O)C1=C[C@@H](O)[C@@H](O)[C@H](CF)C1. The van der Waals surface area contributed by atoms with Gasteiger partial charge >= 0.3 is 5.97 Å². The Kier molecular flexibility index (Phi) is 3.60. The molecule has 5 heteroatoms. The number of aliphatic hydroxyl groups is 2. The van der Waals surface area contributed by atoms with Crippen LogP contribution in [0.1, 0.15) is 6.42 Å². The standard InChI is InChI=1S/C9H13FO4/c1-14-9(13)5-2-6(4-10)8(12)7(11)3-5/h3,6-8,11-12H,2,4H2,1H3/t6-,7+,8-/m0/s1. The normalized spacial score (nSPS) is 32.3. The molecule has 4 nitrogen and oxygen atoms in total. The molecular formula is C9H13FO4.